The number of amides is 1. The molecule has 0 spiro atoms. The van der Waals surface area contributed by atoms with Crippen LogP contribution in [0.15, 0.2) is 83.9 Å². The van der Waals surface area contributed by atoms with Crippen LogP contribution in [0.25, 0.3) is 16.9 Å². The van der Waals surface area contributed by atoms with Gasteiger partial charge in [0.05, 0.1) is 24.2 Å². The molecule has 1 N–H and O–H groups in total. The number of hydrogen-bond acceptors (Lipinski definition) is 5. The Hall–Kier alpha value is -3.73. The molecule has 1 aromatic heterocycles. The maximum Gasteiger partial charge on any atom is 0.243 e. The number of ether oxygens (including phenoxy) is 1. The Kier molecular flexibility index (Phi) is 7.69. The van der Waals surface area contributed by atoms with Crippen LogP contribution < -0.4 is 10.1 Å². The number of hydrogen-bond donors (Lipinski definition) is 1. The Morgan fingerprint density at radius 2 is 1.74 bits per heavy atom. The molecule has 1 saturated carbocycles. The van der Waals surface area contributed by atoms with Crippen molar-refractivity contribution in [3.05, 3.63) is 89.8 Å². The van der Waals surface area contributed by atoms with Gasteiger partial charge in [-0.1, -0.05) is 11.6 Å². The monoisotopic (exact) mass is 568 g/mol. The third-order valence-electron chi connectivity index (χ3n) is 6.38. The van der Waals surface area contributed by atoms with Crippen LogP contribution in [0, 0.1) is 11.7 Å². The highest BCUT2D eigenvalue weighted by Gasteiger charge is 2.33. The minimum atomic E-state index is -3.94. The quantitative estimate of drug-likeness (QED) is 0.277. The molecule has 0 radical (unpaired) electrons. The standard InChI is InChI=1S/C28H26ClFN4O4S/c1-38-24-12-4-20(5-13-24)26-17-34(23-10-8-22(30)9-11-23)28(31-26)32-27(35)18-33(16-19-2-3-19)39(36,37)25-14-6-21(29)7-15-25/h4-15,17,19H,2-3,16,18H2,1H3,(H,31,32,35). The number of anilines is 1. The van der Waals surface area contributed by atoms with Gasteiger partial charge in [-0.25, -0.2) is 17.8 Å². The molecule has 39 heavy (non-hydrogen) atoms. The van der Waals surface area contributed by atoms with Crippen molar-refractivity contribution in [2.75, 3.05) is 25.5 Å². The van der Waals surface area contributed by atoms with E-state index in [-0.39, 0.29) is 23.3 Å². The molecule has 1 amide bonds. The van der Waals surface area contributed by atoms with Gasteiger partial charge in [-0.2, -0.15) is 4.31 Å². The van der Waals surface area contributed by atoms with Crippen molar-refractivity contribution in [2.24, 2.45) is 5.92 Å². The zero-order valence-corrected chi connectivity index (χ0v) is 22.6. The first kappa shape index (κ1) is 26.9. The van der Waals surface area contributed by atoms with Gasteiger partial charge in [0.15, 0.2) is 0 Å². The van der Waals surface area contributed by atoms with Crippen LogP contribution in [0.3, 0.4) is 0 Å². The van der Waals surface area contributed by atoms with Crippen molar-refractivity contribution in [1.82, 2.24) is 13.9 Å². The Bertz CT molecular complexity index is 1570. The summed E-state index contributed by atoms with van der Waals surface area (Å²) in [5.41, 5.74) is 1.90. The molecule has 0 atom stereocenters. The van der Waals surface area contributed by atoms with E-state index in [4.69, 9.17) is 16.3 Å². The fraction of sp³-hybridized carbons (Fsp3) is 0.214. The molecule has 0 saturated heterocycles. The average molecular weight is 569 g/mol. The molecule has 0 bridgehead atoms. The Morgan fingerprint density at radius 3 is 2.36 bits per heavy atom. The van der Waals surface area contributed by atoms with E-state index < -0.39 is 28.3 Å². The number of imidazole rings is 1. The molecule has 0 unspecified atom stereocenters. The third kappa shape index (κ3) is 6.30. The number of methoxy groups -OCH3 is 1. The predicted octanol–water partition coefficient (Wildman–Crippen LogP) is 5.38. The van der Waals surface area contributed by atoms with Crippen LogP contribution in [0.1, 0.15) is 12.8 Å². The maximum atomic E-state index is 13.6. The number of nitrogens with zero attached hydrogens (tertiary/aromatic N) is 3. The summed E-state index contributed by atoms with van der Waals surface area (Å²) >= 11 is 5.94. The SMILES string of the molecule is COc1ccc(-c2cn(-c3ccc(F)cc3)c(NC(=O)CN(CC3CC3)S(=O)(=O)c3ccc(Cl)cc3)n2)cc1. The van der Waals surface area contributed by atoms with Gasteiger partial charge in [0.1, 0.15) is 11.6 Å². The van der Waals surface area contributed by atoms with E-state index in [9.17, 15) is 17.6 Å². The van der Waals surface area contributed by atoms with Crippen LogP contribution >= 0.6 is 11.6 Å². The van der Waals surface area contributed by atoms with Crippen LogP contribution in [0.5, 0.6) is 5.75 Å². The smallest absolute Gasteiger partial charge is 0.243 e. The van der Waals surface area contributed by atoms with E-state index >= 15 is 0 Å². The van der Waals surface area contributed by atoms with Crippen molar-refractivity contribution in [2.45, 2.75) is 17.7 Å². The van der Waals surface area contributed by atoms with Gasteiger partial charge in [-0.3, -0.25) is 14.7 Å². The zero-order valence-electron chi connectivity index (χ0n) is 21.1. The molecule has 1 heterocycles. The second-order valence-corrected chi connectivity index (χ2v) is 11.6. The summed E-state index contributed by atoms with van der Waals surface area (Å²) in [7, 11) is -2.36. The summed E-state index contributed by atoms with van der Waals surface area (Å²) in [5, 5.41) is 3.18. The summed E-state index contributed by atoms with van der Waals surface area (Å²) in [6.45, 7) is -0.155. The summed E-state index contributed by atoms with van der Waals surface area (Å²) in [6.07, 6.45) is 3.54. The largest absolute Gasteiger partial charge is 0.497 e. The van der Waals surface area contributed by atoms with E-state index in [2.05, 4.69) is 10.3 Å². The Balaban J connectivity index is 1.43. The van der Waals surface area contributed by atoms with E-state index in [1.54, 1.807) is 42.1 Å². The van der Waals surface area contributed by atoms with Crippen LogP contribution in [0.4, 0.5) is 10.3 Å². The molecule has 202 valence electrons. The molecule has 1 fully saturated rings. The molecule has 3 aromatic carbocycles. The van der Waals surface area contributed by atoms with Gasteiger partial charge in [-0.15, -0.1) is 0 Å². The second kappa shape index (κ2) is 11.2. The number of benzene rings is 3. The molecule has 8 nitrogen and oxygen atoms in total. The lowest BCUT2D eigenvalue weighted by Gasteiger charge is -2.22. The molecule has 11 heteroatoms. The summed E-state index contributed by atoms with van der Waals surface area (Å²) < 4.78 is 48.4. The van der Waals surface area contributed by atoms with Gasteiger partial charge in [0.25, 0.3) is 0 Å². The summed E-state index contributed by atoms with van der Waals surface area (Å²) in [6, 6.07) is 18.9. The molecule has 1 aliphatic rings. The van der Waals surface area contributed by atoms with E-state index in [1.165, 1.54) is 40.7 Å². The summed E-state index contributed by atoms with van der Waals surface area (Å²) in [5.74, 6) is 0.115. The highest BCUT2D eigenvalue weighted by atomic mass is 35.5. The van der Waals surface area contributed by atoms with Crippen molar-refractivity contribution < 1.29 is 22.3 Å². The first-order valence-electron chi connectivity index (χ1n) is 12.3. The van der Waals surface area contributed by atoms with Gasteiger partial charge in [-0.05, 0) is 91.6 Å². The van der Waals surface area contributed by atoms with Crippen molar-refractivity contribution in [3.63, 3.8) is 0 Å². The molecular formula is C28H26ClFN4O4S. The number of sulfonamides is 1. The third-order valence-corrected chi connectivity index (χ3v) is 8.46. The topological polar surface area (TPSA) is 93.5 Å². The van der Waals surface area contributed by atoms with E-state index in [0.717, 1.165) is 18.4 Å². The van der Waals surface area contributed by atoms with Gasteiger partial charge < -0.3 is 4.74 Å². The van der Waals surface area contributed by atoms with Crippen LogP contribution in [-0.2, 0) is 14.8 Å². The highest BCUT2D eigenvalue weighted by molar-refractivity contribution is 7.89. The minimum Gasteiger partial charge on any atom is -0.497 e. The van der Waals surface area contributed by atoms with Gasteiger partial charge in [0.2, 0.25) is 21.9 Å². The number of carbonyl (C=O) groups is 1. The van der Waals surface area contributed by atoms with Crippen LogP contribution in [0.2, 0.25) is 5.02 Å². The average Bonchev–Trinajstić information content (AvgIpc) is 3.66. The lowest BCUT2D eigenvalue weighted by molar-refractivity contribution is -0.116. The van der Waals surface area contributed by atoms with E-state index in [0.29, 0.717) is 22.2 Å². The number of rotatable bonds is 10. The van der Waals surface area contributed by atoms with Crippen molar-refractivity contribution in [1.29, 1.82) is 0 Å². The lowest BCUT2D eigenvalue weighted by atomic mass is 10.1. The predicted molar refractivity (Wildman–Crippen MR) is 147 cm³/mol. The molecular weight excluding hydrogens is 543 g/mol. The number of halogens is 2. The maximum absolute atomic E-state index is 13.6. The Morgan fingerprint density at radius 1 is 1.08 bits per heavy atom. The summed E-state index contributed by atoms with van der Waals surface area (Å²) in [4.78, 5) is 17.9. The van der Waals surface area contributed by atoms with Crippen LogP contribution in [-0.4, -0.2) is 48.4 Å². The van der Waals surface area contributed by atoms with Gasteiger partial charge >= 0.3 is 0 Å². The number of aromatic nitrogens is 2. The minimum absolute atomic E-state index is 0.0648. The molecule has 1 aliphatic carbocycles. The fourth-order valence-corrected chi connectivity index (χ4v) is 5.68. The van der Waals surface area contributed by atoms with Crippen molar-refractivity contribution >= 4 is 33.5 Å². The number of carbonyl (C=O) groups excluding carboxylic acids is 1. The number of nitrogens with one attached hydrogen (secondary N) is 1. The first-order chi connectivity index (χ1) is 18.7. The molecule has 4 aromatic rings. The normalized spacial score (nSPS) is 13.4. The fourth-order valence-electron chi connectivity index (χ4n) is 4.08. The zero-order chi connectivity index (χ0) is 27.6. The highest BCUT2D eigenvalue weighted by Crippen LogP contribution is 2.32. The molecule has 5 rings (SSSR count). The Labute approximate surface area is 231 Å². The second-order valence-electron chi connectivity index (χ2n) is 9.27. The molecule has 0 aliphatic heterocycles. The van der Waals surface area contributed by atoms with Crippen molar-refractivity contribution in [3.8, 4) is 22.7 Å². The van der Waals surface area contributed by atoms with Gasteiger partial charge in [0, 0.05) is 29.0 Å². The van der Waals surface area contributed by atoms with E-state index in [1.807, 2.05) is 12.1 Å². The first-order valence-corrected chi connectivity index (χ1v) is 14.1. The lowest BCUT2D eigenvalue weighted by Crippen LogP contribution is -2.39.